The number of benzene rings is 3. The van der Waals surface area contributed by atoms with Crippen LogP contribution in [0.25, 0.3) is 27.7 Å². The van der Waals surface area contributed by atoms with Crippen molar-refractivity contribution in [1.82, 2.24) is 14.8 Å². The van der Waals surface area contributed by atoms with E-state index in [1.165, 1.54) is 0 Å². The van der Waals surface area contributed by atoms with Crippen LogP contribution in [0.2, 0.25) is 0 Å². The minimum absolute atomic E-state index is 0.366. The third-order valence-corrected chi connectivity index (χ3v) is 7.24. The smallest absolute Gasteiger partial charge is 0.229 e. The number of nitrogens with one attached hydrogen (secondary N) is 1. The van der Waals surface area contributed by atoms with Crippen molar-refractivity contribution in [2.75, 3.05) is 11.0 Å². The van der Waals surface area contributed by atoms with Gasteiger partial charge >= 0.3 is 0 Å². The van der Waals surface area contributed by atoms with Gasteiger partial charge in [0.2, 0.25) is 15.9 Å². The van der Waals surface area contributed by atoms with Gasteiger partial charge in [0, 0.05) is 22.8 Å². The quantitative estimate of drug-likeness (QED) is 0.304. The fourth-order valence-corrected chi connectivity index (χ4v) is 5.62. The molecule has 0 spiro atoms. The average Bonchev–Trinajstić information content (AvgIpc) is 3.25. The first-order valence-electron chi connectivity index (χ1n) is 12.4. The number of hydrogen-bond donors (Lipinski definition) is 1. The van der Waals surface area contributed by atoms with Gasteiger partial charge in [0.25, 0.3) is 0 Å². The molecule has 7 nitrogen and oxygen atoms in total. The molecule has 6 rings (SSSR count). The first kappa shape index (κ1) is 23.9. The van der Waals surface area contributed by atoms with E-state index in [0.29, 0.717) is 24.6 Å². The standard InChI is InChI=1S/C30H26N4O3S/c1-3-25(20-9-7-10-23(15-20)33-38(2,35)36)29-26-13-8-14-31-30(26)37-19-22-17-28-21(16-27(22)29)18-32-34(28)24-11-5-4-6-12-24/h4-18,33H,3,19H2,1-2H3/b29-25+. The van der Waals surface area contributed by atoms with E-state index < -0.39 is 10.0 Å². The molecule has 0 fully saturated rings. The Kier molecular flexibility index (Phi) is 5.96. The first-order valence-corrected chi connectivity index (χ1v) is 14.3. The molecule has 5 aromatic rings. The van der Waals surface area contributed by atoms with Gasteiger partial charge in [-0.25, -0.2) is 18.1 Å². The first-order chi connectivity index (χ1) is 18.4. The van der Waals surface area contributed by atoms with Crippen LogP contribution in [0.5, 0.6) is 5.88 Å². The Morgan fingerprint density at radius 2 is 1.84 bits per heavy atom. The van der Waals surface area contributed by atoms with Gasteiger partial charge in [0.15, 0.2) is 0 Å². The van der Waals surface area contributed by atoms with Crippen molar-refractivity contribution in [3.63, 3.8) is 0 Å². The highest BCUT2D eigenvalue weighted by molar-refractivity contribution is 7.92. The van der Waals surface area contributed by atoms with Gasteiger partial charge in [-0.15, -0.1) is 0 Å². The van der Waals surface area contributed by atoms with Crippen LogP contribution in [-0.2, 0) is 16.6 Å². The van der Waals surface area contributed by atoms with E-state index >= 15 is 0 Å². The molecule has 0 aliphatic carbocycles. The number of ether oxygens (including phenoxy) is 1. The van der Waals surface area contributed by atoms with Crippen LogP contribution in [-0.4, -0.2) is 29.4 Å². The summed E-state index contributed by atoms with van der Waals surface area (Å²) in [6, 6.07) is 25.8. The molecule has 190 valence electrons. The van der Waals surface area contributed by atoms with Gasteiger partial charge in [-0.2, -0.15) is 5.10 Å². The summed E-state index contributed by atoms with van der Waals surface area (Å²) < 4.78 is 34.6. The highest BCUT2D eigenvalue weighted by Gasteiger charge is 2.25. The summed E-state index contributed by atoms with van der Waals surface area (Å²) in [4.78, 5) is 4.55. The lowest BCUT2D eigenvalue weighted by molar-refractivity contribution is 0.295. The van der Waals surface area contributed by atoms with E-state index in [4.69, 9.17) is 4.74 Å². The molecule has 38 heavy (non-hydrogen) atoms. The molecule has 1 N–H and O–H groups in total. The lowest BCUT2D eigenvalue weighted by Crippen LogP contribution is -2.09. The summed E-state index contributed by atoms with van der Waals surface area (Å²) >= 11 is 0. The number of para-hydroxylation sites is 1. The lowest BCUT2D eigenvalue weighted by Gasteiger charge is -2.18. The Morgan fingerprint density at radius 1 is 1.00 bits per heavy atom. The summed E-state index contributed by atoms with van der Waals surface area (Å²) in [7, 11) is -3.40. The number of rotatable bonds is 5. The van der Waals surface area contributed by atoms with Crippen molar-refractivity contribution < 1.29 is 13.2 Å². The SMILES string of the molecule is CC/C(=C1\c2cc3cnn(-c4ccccc4)c3cc2COc2ncccc21)c1cccc(NS(C)(=O)=O)c1. The molecule has 0 saturated heterocycles. The van der Waals surface area contributed by atoms with E-state index in [1.54, 1.807) is 12.3 Å². The van der Waals surface area contributed by atoms with Crippen LogP contribution in [0.15, 0.2) is 91.3 Å². The molecule has 2 aromatic heterocycles. The fraction of sp³-hybridized carbons (Fsp3) is 0.133. The second kappa shape index (κ2) is 9.46. The molecule has 3 heterocycles. The van der Waals surface area contributed by atoms with Crippen molar-refractivity contribution in [2.45, 2.75) is 20.0 Å². The minimum atomic E-state index is -3.40. The van der Waals surface area contributed by atoms with Crippen molar-refractivity contribution in [3.05, 3.63) is 114 Å². The summed E-state index contributed by atoms with van der Waals surface area (Å²) in [6.45, 7) is 2.47. The number of nitrogens with zero attached hydrogens (tertiary/aromatic N) is 3. The van der Waals surface area contributed by atoms with Gasteiger partial charge in [-0.3, -0.25) is 4.72 Å². The summed E-state index contributed by atoms with van der Waals surface area (Å²) in [5, 5.41) is 5.69. The van der Waals surface area contributed by atoms with Crippen LogP contribution in [0, 0.1) is 0 Å². The number of anilines is 1. The van der Waals surface area contributed by atoms with Crippen LogP contribution >= 0.6 is 0 Å². The van der Waals surface area contributed by atoms with Crippen LogP contribution < -0.4 is 9.46 Å². The number of sulfonamides is 1. The molecule has 0 unspecified atom stereocenters. The highest BCUT2D eigenvalue weighted by atomic mass is 32.2. The summed E-state index contributed by atoms with van der Waals surface area (Å²) in [5.41, 5.74) is 8.50. The molecule has 1 aliphatic rings. The average molecular weight is 523 g/mol. The molecule has 0 radical (unpaired) electrons. The van der Waals surface area contributed by atoms with Gasteiger partial charge in [0.05, 0.1) is 23.7 Å². The predicted octanol–water partition coefficient (Wildman–Crippen LogP) is 6.05. The number of fused-ring (bicyclic) bond motifs is 3. The van der Waals surface area contributed by atoms with Crippen molar-refractivity contribution in [3.8, 4) is 11.6 Å². The fourth-order valence-electron chi connectivity index (χ4n) is 5.07. The van der Waals surface area contributed by atoms with Gasteiger partial charge in [-0.05, 0) is 82.8 Å². The van der Waals surface area contributed by atoms with Crippen LogP contribution in [0.3, 0.4) is 0 Å². The van der Waals surface area contributed by atoms with E-state index in [0.717, 1.165) is 56.2 Å². The van der Waals surface area contributed by atoms with Crippen LogP contribution in [0.4, 0.5) is 5.69 Å². The Bertz CT molecular complexity index is 1810. The van der Waals surface area contributed by atoms with Crippen molar-refractivity contribution >= 4 is 37.8 Å². The number of allylic oxidation sites excluding steroid dienone is 1. The largest absolute Gasteiger partial charge is 0.472 e. The van der Waals surface area contributed by atoms with E-state index in [9.17, 15) is 8.42 Å². The summed E-state index contributed by atoms with van der Waals surface area (Å²) in [5.74, 6) is 0.573. The maximum atomic E-state index is 11.9. The van der Waals surface area contributed by atoms with Gasteiger partial charge in [-0.1, -0.05) is 37.3 Å². The Morgan fingerprint density at radius 3 is 2.63 bits per heavy atom. The Labute approximate surface area is 221 Å². The van der Waals surface area contributed by atoms with Gasteiger partial charge in [0.1, 0.15) is 6.61 Å². The second-order valence-corrected chi connectivity index (χ2v) is 11.0. The minimum Gasteiger partial charge on any atom is -0.472 e. The maximum absolute atomic E-state index is 11.9. The summed E-state index contributed by atoms with van der Waals surface area (Å²) in [6.07, 6.45) is 5.49. The molecular formula is C30H26N4O3S. The molecular weight excluding hydrogens is 496 g/mol. The third kappa shape index (κ3) is 4.43. The normalized spacial score (nSPS) is 14.3. The van der Waals surface area contributed by atoms with Crippen LogP contribution in [0.1, 0.15) is 35.6 Å². The lowest BCUT2D eigenvalue weighted by atomic mass is 9.86. The number of aromatic nitrogens is 3. The maximum Gasteiger partial charge on any atom is 0.229 e. The highest BCUT2D eigenvalue weighted by Crippen LogP contribution is 2.43. The zero-order chi connectivity index (χ0) is 26.3. The zero-order valence-electron chi connectivity index (χ0n) is 21.0. The molecule has 1 aliphatic heterocycles. The van der Waals surface area contributed by atoms with Crippen molar-refractivity contribution in [2.24, 2.45) is 0 Å². The topological polar surface area (TPSA) is 86.1 Å². The molecule has 0 amide bonds. The molecule has 0 bridgehead atoms. The monoisotopic (exact) mass is 522 g/mol. The number of pyridine rings is 1. The molecule has 0 saturated carbocycles. The van der Waals surface area contributed by atoms with Crippen molar-refractivity contribution in [1.29, 1.82) is 0 Å². The molecule has 8 heteroatoms. The van der Waals surface area contributed by atoms with E-state index in [-0.39, 0.29) is 0 Å². The Hall–Kier alpha value is -4.43. The van der Waals surface area contributed by atoms with E-state index in [1.807, 2.05) is 71.5 Å². The number of hydrogen-bond acceptors (Lipinski definition) is 5. The Balaban J connectivity index is 1.61. The second-order valence-electron chi connectivity index (χ2n) is 9.27. The molecule has 3 aromatic carbocycles. The third-order valence-electron chi connectivity index (χ3n) is 6.64. The van der Waals surface area contributed by atoms with E-state index in [2.05, 4.69) is 33.9 Å². The van der Waals surface area contributed by atoms with Gasteiger partial charge < -0.3 is 4.74 Å². The predicted molar refractivity (Wildman–Crippen MR) is 151 cm³/mol. The molecule has 0 atom stereocenters. The zero-order valence-corrected chi connectivity index (χ0v) is 21.9.